The lowest BCUT2D eigenvalue weighted by Gasteiger charge is -2.37. The van der Waals surface area contributed by atoms with Crippen LogP contribution in [0.3, 0.4) is 0 Å². The first-order valence-corrected chi connectivity index (χ1v) is 9.35. The Kier molecular flexibility index (Phi) is 4.92. The van der Waals surface area contributed by atoms with Crippen LogP contribution in [0.15, 0.2) is 58.2 Å². The van der Waals surface area contributed by atoms with Crippen LogP contribution in [-0.2, 0) is 4.79 Å². The van der Waals surface area contributed by atoms with Gasteiger partial charge in [0.25, 0.3) is 0 Å². The summed E-state index contributed by atoms with van der Waals surface area (Å²) in [6.45, 7) is 1.23. The van der Waals surface area contributed by atoms with Crippen LogP contribution in [0.1, 0.15) is 18.2 Å². The van der Waals surface area contributed by atoms with Crippen molar-refractivity contribution in [3.63, 3.8) is 0 Å². The standard InChI is InChI=1S/C18H17N5O2S/c24-15(7-10-26-14-5-2-1-3-6-14)23-11-13(12-23)18-21-17(22-25-18)16-19-8-4-9-20-16/h1-6,8-9,13H,7,10-12H2. The molecule has 0 unspecified atom stereocenters. The molecule has 0 bridgehead atoms. The fourth-order valence-corrected chi connectivity index (χ4v) is 3.54. The normalized spacial score (nSPS) is 14.2. The molecular weight excluding hydrogens is 350 g/mol. The van der Waals surface area contributed by atoms with Crippen LogP contribution in [0, 0.1) is 0 Å². The Morgan fingerprint density at radius 1 is 1.12 bits per heavy atom. The Balaban J connectivity index is 1.25. The molecule has 0 N–H and O–H groups in total. The first-order valence-electron chi connectivity index (χ1n) is 8.36. The topological polar surface area (TPSA) is 85.0 Å². The average Bonchev–Trinajstić information content (AvgIpc) is 3.12. The van der Waals surface area contributed by atoms with E-state index in [2.05, 4.69) is 32.2 Å². The number of carbonyl (C=O) groups is 1. The second-order valence-corrected chi connectivity index (χ2v) is 7.10. The molecule has 0 atom stereocenters. The number of aromatic nitrogens is 4. The van der Waals surface area contributed by atoms with E-state index in [1.807, 2.05) is 23.1 Å². The van der Waals surface area contributed by atoms with Gasteiger partial charge in [-0.1, -0.05) is 23.4 Å². The van der Waals surface area contributed by atoms with Crippen molar-refractivity contribution in [1.29, 1.82) is 0 Å². The van der Waals surface area contributed by atoms with Crippen molar-refractivity contribution in [2.24, 2.45) is 0 Å². The summed E-state index contributed by atoms with van der Waals surface area (Å²) in [5.74, 6) is 2.38. The summed E-state index contributed by atoms with van der Waals surface area (Å²) in [5.41, 5.74) is 0. The second kappa shape index (κ2) is 7.65. The monoisotopic (exact) mass is 367 g/mol. The zero-order valence-electron chi connectivity index (χ0n) is 14.0. The van der Waals surface area contributed by atoms with Crippen molar-refractivity contribution >= 4 is 17.7 Å². The molecule has 1 aromatic carbocycles. The van der Waals surface area contributed by atoms with Crippen LogP contribution in [0.25, 0.3) is 11.6 Å². The molecule has 7 nitrogen and oxygen atoms in total. The Labute approximate surface area is 154 Å². The zero-order valence-corrected chi connectivity index (χ0v) is 14.8. The third-order valence-electron chi connectivity index (χ3n) is 4.12. The van der Waals surface area contributed by atoms with Crippen molar-refractivity contribution in [1.82, 2.24) is 25.0 Å². The highest BCUT2D eigenvalue weighted by atomic mass is 32.2. The molecule has 1 saturated heterocycles. The molecule has 1 amide bonds. The number of carbonyl (C=O) groups excluding carboxylic acids is 1. The fraction of sp³-hybridized carbons (Fsp3) is 0.278. The number of nitrogens with zero attached hydrogens (tertiary/aromatic N) is 5. The number of likely N-dealkylation sites (tertiary alicyclic amines) is 1. The quantitative estimate of drug-likeness (QED) is 0.619. The SMILES string of the molecule is O=C(CCSc1ccccc1)N1CC(c2nc(-c3ncccn3)no2)C1. The number of thioether (sulfide) groups is 1. The molecule has 3 aromatic rings. The molecule has 0 spiro atoms. The molecule has 0 saturated carbocycles. The van der Waals surface area contributed by atoms with E-state index in [1.54, 1.807) is 30.2 Å². The Bertz CT molecular complexity index is 866. The van der Waals surface area contributed by atoms with Gasteiger partial charge in [-0.3, -0.25) is 4.79 Å². The Morgan fingerprint density at radius 2 is 1.88 bits per heavy atom. The minimum Gasteiger partial charge on any atom is -0.341 e. The van der Waals surface area contributed by atoms with Crippen LogP contribution in [-0.4, -0.2) is 49.8 Å². The maximum atomic E-state index is 12.2. The predicted octanol–water partition coefficient (Wildman–Crippen LogP) is 2.63. The largest absolute Gasteiger partial charge is 0.341 e. The maximum absolute atomic E-state index is 12.2. The molecule has 1 fully saturated rings. The van der Waals surface area contributed by atoms with E-state index < -0.39 is 0 Å². The summed E-state index contributed by atoms with van der Waals surface area (Å²) < 4.78 is 5.31. The molecule has 2 aromatic heterocycles. The van der Waals surface area contributed by atoms with Gasteiger partial charge in [0.05, 0.1) is 5.92 Å². The van der Waals surface area contributed by atoms with E-state index in [0.717, 1.165) is 5.75 Å². The van der Waals surface area contributed by atoms with Crippen LogP contribution < -0.4 is 0 Å². The van der Waals surface area contributed by atoms with Crippen molar-refractivity contribution in [2.45, 2.75) is 17.2 Å². The highest BCUT2D eigenvalue weighted by molar-refractivity contribution is 7.99. The average molecular weight is 367 g/mol. The van der Waals surface area contributed by atoms with Crippen LogP contribution >= 0.6 is 11.8 Å². The smallest absolute Gasteiger partial charge is 0.240 e. The predicted molar refractivity (Wildman–Crippen MR) is 96.4 cm³/mol. The van der Waals surface area contributed by atoms with E-state index in [0.29, 0.717) is 37.0 Å². The summed E-state index contributed by atoms with van der Waals surface area (Å²) in [6, 6.07) is 11.8. The maximum Gasteiger partial charge on any atom is 0.240 e. The van der Waals surface area contributed by atoms with Gasteiger partial charge in [-0.25, -0.2) is 9.97 Å². The van der Waals surface area contributed by atoms with Gasteiger partial charge in [-0.2, -0.15) is 4.98 Å². The third-order valence-corrected chi connectivity index (χ3v) is 5.13. The van der Waals surface area contributed by atoms with Gasteiger partial charge in [0.1, 0.15) is 0 Å². The van der Waals surface area contributed by atoms with Gasteiger partial charge >= 0.3 is 0 Å². The second-order valence-electron chi connectivity index (χ2n) is 5.94. The number of benzene rings is 1. The van der Waals surface area contributed by atoms with Gasteiger partial charge in [-0.15, -0.1) is 11.8 Å². The molecule has 26 heavy (non-hydrogen) atoms. The summed E-state index contributed by atoms with van der Waals surface area (Å²) in [6.07, 6.45) is 3.80. The van der Waals surface area contributed by atoms with Gasteiger partial charge in [-0.05, 0) is 18.2 Å². The summed E-state index contributed by atoms with van der Waals surface area (Å²) in [5, 5.41) is 3.92. The minimum atomic E-state index is 0.0886. The number of hydrogen-bond acceptors (Lipinski definition) is 7. The highest BCUT2D eigenvalue weighted by Crippen LogP contribution is 2.28. The lowest BCUT2D eigenvalue weighted by atomic mass is 10.00. The molecule has 8 heteroatoms. The number of rotatable bonds is 6. The van der Waals surface area contributed by atoms with E-state index >= 15 is 0 Å². The van der Waals surface area contributed by atoms with E-state index in [4.69, 9.17) is 4.52 Å². The minimum absolute atomic E-state index is 0.0886. The van der Waals surface area contributed by atoms with E-state index in [1.165, 1.54) is 4.90 Å². The molecule has 0 aliphatic carbocycles. The molecular formula is C18H17N5O2S. The Hall–Kier alpha value is -2.74. The van der Waals surface area contributed by atoms with Crippen molar-refractivity contribution in [2.75, 3.05) is 18.8 Å². The van der Waals surface area contributed by atoms with E-state index in [9.17, 15) is 4.79 Å². The summed E-state index contributed by atoms with van der Waals surface area (Å²) in [4.78, 5) is 27.8. The third kappa shape index (κ3) is 3.75. The van der Waals surface area contributed by atoms with E-state index in [-0.39, 0.29) is 11.8 Å². The number of amides is 1. The zero-order chi connectivity index (χ0) is 17.8. The van der Waals surface area contributed by atoms with Crippen molar-refractivity contribution in [3.8, 4) is 11.6 Å². The first-order chi connectivity index (χ1) is 12.8. The molecule has 4 rings (SSSR count). The van der Waals surface area contributed by atoms with Crippen molar-refractivity contribution in [3.05, 3.63) is 54.7 Å². The van der Waals surface area contributed by atoms with Gasteiger partial charge in [0.15, 0.2) is 0 Å². The summed E-state index contributed by atoms with van der Waals surface area (Å²) in [7, 11) is 0. The van der Waals surface area contributed by atoms with Crippen LogP contribution in [0.4, 0.5) is 0 Å². The molecule has 1 aliphatic rings. The molecule has 132 valence electrons. The van der Waals surface area contributed by atoms with Crippen molar-refractivity contribution < 1.29 is 9.32 Å². The molecule has 1 aliphatic heterocycles. The first kappa shape index (κ1) is 16.7. The van der Waals surface area contributed by atoms with Gasteiger partial charge in [0.2, 0.25) is 23.4 Å². The lowest BCUT2D eigenvalue weighted by Crippen LogP contribution is -2.48. The molecule has 3 heterocycles. The fourth-order valence-electron chi connectivity index (χ4n) is 2.68. The van der Waals surface area contributed by atoms with Crippen LogP contribution in [0.5, 0.6) is 0 Å². The van der Waals surface area contributed by atoms with Crippen LogP contribution in [0.2, 0.25) is 0 Å². The Morgan fingerprint density at radius 3 is 2.65 bits per heavy atom. The highest BCUT2D eigenvalue weighted by Gasteiger charge is 2.35. The number of hydrogen-bond donors (Lipinski definition) is 0. The van der Waals surface area contributed by atoms with Gasteiger partial charge in [0, 0.05) is 42.6 Å². The van der Waals surface area contributed by atoms with Gasteiger partial charge < -0.3 is 9.42 Å². The lowest BCUT2D eigenvalue weighted by molar-refractivity contribution is -0.135. The summed E-state index contributed by atoms with van der Waals surface area (Å²) >= 11 is 1.70. The molecule has 0 radical (unpaired) electrons.